The molecule has 0 saturated heterocycles. The molecule has 154 valence electrons. The van der Waals surface area contributed by atoms with Crippen LogP contribution in [-0.2, 0) is 0 Å². The molecule has 3 heterocycles. The number of hydrogen-bond acceptors (Lipinski definition) is 7. The van der Waals surface area contributed by atoms with E-state index in [1.165, 1.54) is 0 Å². The van der Waals surface area contributed by atoms with Crippen LogP contribution in [-0.4, -0.2) is 46.0 Å². The number of carbonyl (C=O) groups is 1. The molecule has 1 amide bonds. The summed E-state index contributed by atoms with van der Waals surface area (Å²) < 4.78 is 17.9. The van der Waals surface area contributed by atoms with Gasteiger partial charge in [0.05, 0.1) is 19.2 Å². The van der Waals surface area contributed by atoms with Crippen molar-refractivity contribution in [1.82, 2.24) is 25.1 Å². The topological polar surface area (TPSA) is 104 Å². The Morgan fingerprint density at radius 3 is 2.63 bits per heavy atom. The van der Waals surface area contributed by atoms with Crippen LogP contribution in [0.25, 0.3) is 17.0 Å². The quantitative estimate of drug-likeness (QED) is 0.470. The van der Waals surface area contributed by atoms with Crippen molar-refractivity contribution >= 4 is 11.6 Å². The first-order chi connectivity index (χ1) is 14.5. The van der Waals surface area contributed by atoms with Crippen molar-refractivity contribution in [2.45, 2.75) is 13.8 Å². The molecule has 1 N–H and O–H groups in total. The highest BCUT2D eigenvalue weighted by molar-refractivity contribution is 5.95. The van der Waals surface area contributed by atoms with Gasteiger partial charge in [0, 0.05) is 11.6 Å². The average Bonchev–Trinajstić information content (AvgIpc) is 3.33. The van der Waals surface area contributed by atoms with Gasteiger partial charge in [0.2, 0.25) is 5.88 Å². The summed E-state index contributed by atoms with van der Waals surface area (Å²) >= 11 is 0. The van der Waals surface area contributed by atoms with E-state index in [0.717, 1.165) is 11.3 Å². The molecule has 0 atom stereocenters. The molecular formula is C21H21N5O4. The van der Waals surface area contributed by atoms with Crippen molar-refractivity contribution in [3.8, 4) is 23.0 Å². The number of nitrogens with one attached hydrogen (secondary N) is 1. The Bertz CT molecular complexity index is 1180. The molecule has 0 aliphatic heterocycles. The molecule has 9 heteroatoms. The number of fused-ring (bicyclic) bond motifs is 1. The number of rotatable bonds is 7. The highest BCUT2D eigenvalue weighted by Crippen LogP contribution is 2.21. The van der Waals surface area contributed by atoms with Gasteiger partial charge in [-0.2, -0.15) is 4.52 Å². The molecule has 0 aliphatic rings. The third kappa shape index (κ3) is 3.95. The summed E-state index contributed by atoms with van der Waals surface area (Å²) in [5, 5.41) is 15.6. The van der Waals surface area contributed by atoms with E-state index in [1.807, 2.05) is 24.3 Å². The zero-order valence-corrected chi connectivity index (χ0v) is 16.9. The SMILES string of the molecule is COc1ccc(-c2nnc3ccc(OCCNC(=O)c4cc(C)oc4C)nn23)cc1. The summed E-state index contributed by atoms with van der Waals surface area (Å²) in [5.41, 5.74) is 1.99. The smallest absolute Gasteiger partial charge is 0.254 e. The first kappa shape index (κ1) is 19.4. The third-order valence-corrected chi connectivity index (χ3v) is 4.51. The van der Waals surface area contributed by atoms with Crippen LogP contribution in [0.4, 0.5) is 0 Å². The van der Waals surface area contributed by atoms with E-state index in [9.17, 15) is 4.79 Å². The minimum atomic E-state index is -0.197. The van der Waals surface area contributed by atoms with Crippen molar-refractivity contribution in [1.29, 1.82) is 0 Å². The van der Waals surface area contributed by atoms with Crippen LogP contribution in [0.2, 0.25) is 0 Å². The second-order valence-corrected chi connectivity index (χ2v) is 6.62. The van der Waals surface area contributed by atoms with Crippen molar-refractivity contribution in [2.75, 3.05) is 20.3 Å². The molecule has 4 aromatic rings. The maximum Gasteiger partial charge on any atom is 0.254 e. The second-order valence-electron chi connectivity index (χ2n) is 6.62. The Morgan fingerprint density at radius 2 is 1.93 bits per heavy atom. The largest absolute Gasteiger partial charge is 0.497 e. The van der Waals surface area contributed by atoms with Gasteiger partial charge in [0.25, 0.3) is 5.91 Å². The van der Waals surface area contributed by atoms with Crippen molar-refractivity contribution in [3.63, 3.8) is 0 Å². The van der Waals surface area contributed by atoms with E-state index in [1.54, 1.807) is 43.7 Å². The summed E-state index contributed by atoms with van der Waals surface area (Å²) in [7, 11) is 1.62. The van der Waals surface area contributed by atoms with Gasteiger partial charge in [-0.25, -0.2) is 0 Å². The predicted octanol–water partition coefficient (Wildman–Crippen LogP) is 2.82. The van der Waals surface area contributed by atoms with E-state index in [2.05, 4.69) is 20.6 Å². The lowest BCUT2D eigenvalue weighted by atomic mass is 10.2. The number of aryl methyl sites for hydroxylation is 2. The molecule has 4 rings (SSSR count). The van der Waals surface area contributed by atoms with E-state index in [4.69, 9.17) is 13.9 Å². The van der Waals surface area contributed by atoms with Gasteiger partial charge in [-0.05, 0) is 50.2 Å². The van der Waals surface area contributed by atoms with Gasteiger partial charge in [-0.1, -0.05) is 0 Å². The summed E-state index contributed by atoms with van der Waals surface area (Å²) in [6, 6.07) is 12.7. The van der Waals surface area contributed by atoms with Crippen molar-refractivity contribution in [2.24, 2.45) is 0 Å². The monoisotopic (exact) mass is 407 g/mol. The van der Waals surface area contributed by atoms with E-state index >= 15 is 0 Å². The molecular weight excluding hydrogens is 386 g/mol. The Morgan fingerprint density at radius 1 is 1.13 bits per heavy atom. The number of nitrogens with zero attached hydrogens (tertiary/aromatic N) is 4. The molecule has 9 nitrogen and oxygen atoms in total. The highest BCUT2D eigenvalue weighted by atomic mass is 16.5. The fraction of sp³-hybridized carbons (Fsp3) is 0.238. The molecule has 0 radical (unpaired) electrons. The summed E-state index contributed by atoms with van der Waals surface area (Å²) in [6.07, 6.45) is 0. The first-order valence-corrected chi connectivity index (χ1v) is 9.40. The molecule has 3 aromatic heterocycles. The molecule has 0 unspecified atom stereocenters. The molecule has 0 fully saturated rings. The molecule has 1 aromatic carbocycles. The predicted molar refractivity (Wildman–Crippen MR) is 109 cm³/mol. The molecule has 0 spiro atoms. The normalized spacial score (nSPS) is 10.9. The van der Waals surface area contributed by atoms with Crippen LogP contribution in [0.1, 0.15) is 21.9 Å². The van der Waals surface area contributed by atoms with Gasteiger partial charge in [-0.3, -0.25) is 4.79 Å². The van der Waals surface area contributed by atoms with E-state index in [0.29, 0.717) is 41.0 Å². The van der Waals surface area contributed by atoms with Crippen LogP contribution >= 0.6 is 0 Å². The minimum absolute atomic E-state index is 0.197. The third-order valence-electron chi connectivity index (χ3n) is 4.51. The zero-order valence-electron chi connectivity index (χ0n) is 16.9. The number of carbonyl (C=O) groups excluding carboxylic acids is 1. The standard InChI is InChI=1S/C21H21N5O4/c1-13-12-17(14(2)30-13)21(27)22-10-11-29-19-9-8-18-23-24-20(26(18)25-19)15-4-6-16(28-3)7-5-15/h4-9,12H,10-11H2,1-3H3,(H,22,27). The number of methoxy groups -OCH3 is 1. The molecule has 0 bridgehead atoms. The van der Waals surface area contributed by atoms with Crippen LogP contribution < -0.4 is 14.8 Å². The molecule has 0 saturated carbocycles. The first-order valence-electron chi connectivity index (χ1n) is 9.40. The fourth-order valence-electron chi connectivity index (χ4n) is 3.04. The van der Waals surface area contributed by atoms with E-state index in [-0.39, 0.29) is 12.5 Å². The average molecular weight is 407 g/mol. The van der Waals surface area contributed by atoms with Crippen molar-refractivity contribution in [3.05, 3.63) is 59.5 Å². The summed E-state index contributed by atoms with van der Waals surface area (Å²) in [6.45, 7) is 4.16. The molecule has 30 heavy (non-hydrogen) atoms. The van der Waals surface area contributed by atoms with E-state index < -0.39 is 0 Å². The summed E-state index contributed by atoms with van der Waals surface area (Å²) in [5.74, 6) is 2.85. The van der Waals surface area contributed by atoms with Crippen LogP contribution in [0, 0.1) is 13.8 Å². The van der Waals surface area contributed by atoms with Gasteiger partial charge < -0.3 is 19.2 Å². The highest BCUT2D eigenvalue weighted by Gasteiger charge is 2.13. The zero-order chi connectivity index (χ0) is 21.1. The number of benzene rings is 1. The minimum Gasteiger partial charge on any atom is -0.497 e. The lowest BCUT2D eigenvalue weighted by molar-refractivity contribution is 0.0945. The van der Waals surface area contributed by atoms with Gasteiger partial charge in [-0.15, -0.1) is 15.3 Å². The Balaban J connectivity index is 1.41. The number of ether oxygens (including phenoxy) is 2. The van der Waals surface area contributed by atoms with Crippen LogP contribution in [0.3, 0.4) is 0 Å². The maximum absolute atomic E-state index is 12.2. The maximum atomic E-state index is 12.2. The molecule has 0 aliphatic carbocycles. The fourth-order valence-corrected chi connectivity index (χ4v) is 3.04. The van der Waals surface area contributed by atoms with Crippen LogP contribution in [0.15, 0.2) is 46.9 Å². The number of furan rings is 1. The number of amides is 1. The number of aromatic nitrogens is 4. The lowest BCUT2D eigenvalue weighted by Gasteiger charge is -2.07. The Kier molecular flexibility index (Phi) is 5.34. The number of hydrogen-bond donors (Lipinski definition) is 1. The van der Waals surface area contributed by atoms with Gasteiger partial charge in [0.1, 0.15) is 23.9 Å². The Hall–Kier alpha value is -3.88. The lowest BCUT2D eigenvalue weighted by Crippen LogP contribution is -2.28. The van der Waals surface area contributed by atoms with Gasteiger partial charge >= 0.3 is 0 Å². The van der Waals surface area contributed by atoms with Gasteiger partial charge in [0.15, 0.2) is 11.5 Å². The van der Waals surface area contributed by atoms with Crippen LogP contribution in [0.5, 0.6) is 11.6 Å². The second kappa shape index (κ2) is 8.24. The summed E-state index contributed by atoms with van der Waals surface area (Å²) in [4.78, 5) is 12.2. The Labute approximate surface area is 172 Å². The van der Waals surface area contributed by atoms with Crippen molar-refractivity contribution < 1.29 is 18.7 Å².